The topological polar surface area (TPSA) is 83.7 Å². The summed E-state index contributed by atoms with van der Waals surface area (Å²) >= 11 is 0. The zero-order valence-corrected chi connectivity index (χ0v) is 16.1. The van der Waals surface area contributed by atoms with E-state index in [0.29, 0.717) is 16.8 Å². The van der Waals surface area contributed by atoms with Gasteiger partial charge in [0.25, 0.3) is 0 Å². The van der Waals surface area contributed by atoms with Crippen LogP contribution in [0.1, 0.15) is 18.1 Å². The fourth-order valence-electron chi connectivity index (χ4n) is 1.98. The number of rotatable bonds is 4. The maximum atomic E-state index is 11.9. The molecule has 5 nitrogen and oxygen atoms in total. The van der Waals surface area contributed by atoms with Crippen molar-refractivity contribution in [1.29, 1.82) is 0 Å². The summed E-state index contributed by atoms with van der Waals surface area (Å²) < 4.78 is 0. The number of nitrogens with zero attached hydrogens (tertiary/aromatic N) is 3. The number of hydrogen-bond acceptors (Lipinski definition) is 5. The van der Waals surface area contributed by atoms with E-state index in [1.807, 2.05) is 30.3 Å². The first-order valence-electron chi connectivity index (χ1n) is 8.30. The molecule has 0 fully saturated rings. The van der Waals surface area contributed by atoms with Gasteiger partial charge in [-0.1, -0.05) is 72.5 Å². The average Bonchev–Trinajstić information content (AvgIpc) is 2.75. The van der Waals surface area contributed by atoms with Gasteiger partial charge in [0.05, 0.1) is 5.71 Å². The second-order valence-corrected chi connectivity index (χ2v) is 5.41. The molecule has 0 spiro atoms. The van der Waals surface area contributed by atoms with E-state index in [-0.39, 0.29) is 22.8 Å². The Kier molecular flexibility index (Phi) is 10.6. The van der Waals surface area contributed by atoms with Crippen LogP contribution in [0.2, 0.25) is 0 Å². The van der Waals surface area contributed by atoms with Crippen LogP contribution >= 0.6 is 0 Å². The van der Waals surface area contributed by atoms with Gasteiger partial charge < -0.3 is 10.2 Å². The molecule has 0 saturated heterocycles. The van der Waals surface area contributed by atoms with E-state index in [4.69, 9.17) is 0 Å². The predicted octanol–water partition coefficient (Wildman–Crippen LogP) is 2.65. The molecule has 0 aliphatic rings. The van der Waals surface area contributed by atoms with E-state index in [2.05, 4.69) is 15.2 Å². The third-order valence-corrected chi connectivity index (χ3v) is 3.28. The smallest absolute Gasteiger partial charge is 0.872 e. The Morgan fingerprint density at radius 3 is 1.71 bits per heavy atom. The first-order chi connectivity index (χ1) is 13.2. The van der Waals surface area contributed by atoms with Crippen molar-refractivity contribution in [3.8, 4) is 0 Å². The van der Waals surface area contributed by atoms with Gasteiger partial charge in [0.15, 0.2) is 0 Å². The molecular formula is C22H19CuN3O2. The van der Waals surface area contributed by atoms with Crippen molar-refractivity contribution in [1.82, 2.24) is 4.98 Å². The summed E-state index contributed by atoms with van der Waals surface area (Å²) in [7, 11) is 0. The Labute approximate surface area is 175 Å². The molecule has 0 unspecified atom stereocenters. The maximum Gasteiger partial charge on any atom is 2.00 e. The molecule has 6 heteroatoms. The third kappa shape index (κ3) is 8.45. The second kappa shape index (κ2) is 13.0. The summed E-state index contributed by atoms with van der Waals surface area (Å²) in [6, 6.07) is 23.2. The van der Waals surface area contributed by atoms with Crippen LogP contribution in [0, 0.1) is 0 Å². The molecule has 0 aliphatic carbocycles. The molecule has 0 aliphatic heterocycles. The second-order valence-electron chi connectivity index (χ2n) is 5.41. The summed E-state index contributed by atoms with van der Waals surface area (Å²) in [5.74, 6) is -0.602. The fourth-order valence-corrected chi connectivity index (χ4v) is 1.98. The summed E-state index contributed by atoms with van der Waals surface area (Å²) in [6.07, 6.45) is 4.86. The van der Waals surface area contributed by atoms with Gasteiger partial charge in [-0.15, -0.1) is 0 Å². The third-order valence-electron chi connectivity index (χ3n) is 3.28. The van der Waals surface area contributed by atoms with Gasteiger partial charge in [0.2, 0.25) is 0 Å². The fraction of sp³-hybridized carbons (Fsp3) is 0.0455. The molecule has 28 heavy (non-hydrogen) atoms. The number of aromatic nitrogens is 1. The van der Waals surface area contributed by atoms with Crippen LogP contribution in [0.4, 0.5) is 0 Å². The molecule has 0 amide bonds. The Morgan fingerprint density at radius 2 is 1.25 bits per heavy atom. The van der Waals surface area contributed by atoms with E-state index in [1.54, 1.807) is 67.8 Å². The number of hydrogen-bond donors (Lipinski definition) is 0. The summed E-state index contributed by atoms with van der Waals surface area (Å²) in [4.78, 5) is 3.78. The molecule has 1 radical (unpaired) electrons. The van der Waals surface area contributed by atoms with E-state index in [9.17, 15) is 10.2 Å². The van der Waals surface area contributed by atoms with E-state index in [1.165, 1.54) is 6.08 Å². The molecule has 2 aromatic carbocycles. The minimum atomic E-state index is -0.435. The van der Waals surface area contributed by atoms with Crippen LogP contribution in [0.25, 0.3) is 5.76 Å². The predicted molar refractivity (Wildman–Crippen MR) is 105 cm³/mol. The van der Waals surface area contributed by atoms with Gasteiger partial charge >= 0.3 is 17.1 Å². The Bertz CT molecular complexity index is 870. The largest absolute Gasteiger partial charge is 2.00 e. The van der Waals surface area contributed by atoms with E-state index in [0.717, 1.165) is 0 Å². The van der Waals surface area contributed by atoms with Crippen molar-refractivity contribution in [2.75, 3.05) is 0 Å². The molecule has 145 valence electrons. The zero-order valence-electron chi connectivity index (χ0n) is 15.2. The van der Waals surface area contributed by atoms with Gasteiger partial charge in [-0.3, -0.25) is 4.98 Å². The zero-order chi connectivity index (χ0) is 19.3. The van der Waals surface area contributed by atoms with Crippen LogP contribution in [-0.4, -0.2) is 16.6 Å². The van der Waals surface area contributed by atoms with Gasteiger partial charge in [0.1, 0.15) is 0 Å². The van der Waals surface area contributed by atoms with Crippen molar-refractivity contribution in [2.45, 2.75) is 6.92 Å². The molecular weight excluding hydrogens is 402 g/mol. The van der Waals surface area contributed by atoms with Gasteiger partial charge in [-0.05, 0) is 36.3 Å². The summed E-state index contributed by atoms with van der Waals surface area (Å²) in [5.41, 5.74) is 1.41. The first-order valence-corrected chi connectivity index (χ1v) is 8.30. The minimum Gasteiger partial charge on any atom is -0.872 e. The van der Waals surface area contributed by atoms with E-state index < -0.39 is 5.90 Å². The van der Waals surface area contributed by atoms with Gasteiger partial charge in [0, 0.05) is 18.3 Å². The molecule has 0 N–H and O–H groups in total. The Balaban J connectivity index is 0.000000478. The van der Waals surface area contributed by atoms with Gasteiger partial charge in [-0.25, -0.2) is 0 Å². The monoisotopic (exact) mass is 420 g/mol. The molecule has 0 bridgehead atoms. The summed E-state index contributed by atoms with van der Waals surface area (Å²) in [6.45, 7) is 1.63. The van der Waals surface area contributed by atoms with Gasteiger partial charge in [-0.2, -0.15) is 10.2 Å². The van der Waals surface area contributed by atoms with E-state index >= 15 is 0 Å². The number of benzene rings is 2. The van der Waals surface area contributed by atoms with Crippen molar-refractivity contribution in [2.24, 2.45) is 10.2 Å². The molecule has 3 rings (SSSR count). The first kappa shape index (κ1) is 22.8. The summed E-state index contributed by atoms with van der Waals surface area (Å²) in [5, 5.41) is 31.0. The number of allylic oxidation sites excluding steroid dienone is 1. The van der Waals surface area contributed by atoms with Crippen LogP contribution < -0.4 is 10.2 Å². The Hall–Kier alpha value is -3.21. The van der Waals surface area contributed by atoms with Crippen molar-refractivity contribution < 1.29 is 27.3 Å². The van der Waals surface area contributed by atoms with Crippen LogP contribution in [0.3, 0.4) is 0 Å². The number of pyridine rings is 1. The maximum absolute atomic E-state index is 11.9. The molecule has 1 aromatic heterocycles. The molecule has 0 saturated carbocycles. The minimum absolute atomic E-state index is 0. The van der Waals surface area contributed by atoms with Crippen LogP contribution in [0.5, 0.6) is 0 Å². The van der Waals surface area contributed by atoms with Crippen molar-refractivity contribution >= 4 is 17.4 Å². The normalized spacial score (nSPS) is 11.7. The average molecular weight is 421 g/mol. The Morgan fingerprint density at radius 1 is 0.750 bits per heavy atom. The van der Waals surface area contributed by atoms with Crippen LogP contribution in [-0.2, 0) is 17.1 Å². The van der Waals surface area contributed by atoms with Crippen molar-refractivity contribution in [3.05, 3.63) is 108 Å². The SMILES string of the molecule is CC(/C=C(\[O-])c1ccccc1)=N\N=C(/[O-])c1ccccc1.[Cu+2].c1ccncc1. The molecule has 1 heterocycles. The van der Waals surface area contributed by atoms with Crippen molar-refractivity contribution in [3.63, 3.8) is 0 Å². The molecule has 0 atom stereocenters. The standard InChI is InChI=1S/C17H16N2O2.C5H5N.Cu/c1-13(12-16(20)14-8-4-2-5-9-14)18-19-17(21)15-10-6-3-7-11-15;1-2-4-6-5-3-1;/h2-12,20H,1H3,(H,19,21);1-5H;/q;;+2/p-2/b16-12-,18-13+;;. The molecule has 3 aromatic rings. The van der Waals surface area contributed by atoms with Crippen LogP contribution in [0.15, 0.2) is 108 Å². The quantitative estimate of drug-likeness (QED) is 0.214.